The van der Waals surface area contributed by atoms with Gasteiger partial charge in [0.1, 0.15) is 12.2 Å². The van der Waals surface area contributed by atoms with Crippen LogP contribution in [0.2, 0.25) is 0 Å². The summed E-state index contributed by atoms with van der Waals surface area (Å²) in [5, 5.41) is 0. The zero-order valence-electron chi connectivity index (χ0n) is 16.2. The maximum atomic E-state index is 12.5. The third-order valence-corrected chi connectivity index (χ3v) is 4.04. The van der Waals surface area contributed by atoms with Crippen molar-refractivity contribution in [2.24, 2.45) is 10.8 Å². The molecule has 0 aliphatic carbocycles. The van der Waals surface area contributed by atoms with E-state index < -0.39 is 18.2 Å². The summed E-state index contributed by atoms with van der Waals surface area (Å²) in [5.74, 6) is -0.842. The number of rotatable bonds is 6. The Morgan fingerprint density at radius 3 is 1.88 bits per heavy atom. The molecule has 0 amide bonds. The first-order valence-corrected chi connectivity index (χ1v) is 8.54. The average Bonchev–Trinajstić information content (AvgIpc) is 2.51. The summed E-state index contributed by atoms with van der Waals surface area (Å²) >= 11 is 0. The number of carbonyl (C=O) groups excluding carboxylic acids is 2. The molecule has 0 radical (unpaired) electrons. The fourth-order valence-electron chi connectivity index (χ4n) is 2.31. The maximum Gasteiger partial charge on any atom is 0.338 e. The average molecular weight is 346 g/mol. The molecular formula is C21H30O4. The lowest BCUT2D eigenvalue weighted by molar-refractivity contribution is -0.152. The van der Waals surface area contributed by atoms with E-state index in [0.29, 0.717) is 12.0 Å². The molecule has 4 nitrogen and oxygen atoms in total. The van der Waals surface area contributed by atoms with Crippen LogP contribution in [0.3, 0.4) is 0 Å². The fourth-order valence-corrected chi connectivity index (χ4v) is 2.31. The fraction of sp³-hybridized carbons (Fsp3) is 0.524. The molecule has 138 valence electrons. The van der Waals surface area contributed by atoms with Gasteiger partial charge in [-0.15, -0.1) is 0 Å². The monoisotopic (exact) mass is 346 g/mol. The molecule has 0 N–H and O–H groups in total. The molecular weight excluding hydrogens is 316 g/mol. The van der Waals surface area contributed by atoms with Gasteiger partial charge in [0.05, 0.1) is 5.56 Å². The molecule has 4 heteroatoms. The highest BCUT2D eigenvalue weighted by atomic mass is 16.6. The minimum atomic E-state index is -0.470. The number of hydrogen-bond donors (Lipinski definition) is 0. The number of esters is 2. The van der Waals surface area contributed by atoms with Crippen molar-refractivity contribution in [3.05, 3.63) is 48.6 Å². The van der Waals surface area contributed by atoms with E-state index in [2.05, 4.69) is 6.58 Å². The quantitative estimate of drug-likeness (QED) is 0.549. The Hall–Kier alpha value is -2.10. The number of benzene rings is 1. The summed E-state index contributed by atoms with van der Waals surface area (Å²) < 4.78 is 11.3. The van der Waals surface area contributed by atoms with E-state index in [9.17, 15) is 9.59 Å². The van der Waals surface area contributed by atoms with Crippen LogP contribution in [0.25, 0.3) is 0 Å². The topological polar surface area (TPSA) is 52.6 Å². The molecule has 0 fully saturated rings. The first-order chi connectivity index (χ1) is 11.4. The van der Waals surface area contributed by atoms with Crippen molar-refractivity contribution >= 4 is 11.9 Å². The highest BCUT2D eigenvalue weighted by Gasteiger charge is 2.37. The Bertz CT molecular complexity index is 591. The smallest absolute Gasteiger partial charge is 0.338 e. The van der Waals surface area contributed by atoms with Crippen LogP contribution >= 0.6 is 0 Å². The highest BCUT2D eigenvalue weighted by molar-refractivity contribution is 5.89. The van der Waals surface area contributed by atoms with Gasteiger partial charge in [-0.1, -0.05) is 66.3 Å². The zero-order chi connectivity index (χ0) is 19.3. The molecule has 1 aromatic rings. The Morgan fingerprint density at radius 1 is 0.960 bits per heavy atom. The molecule has 0 aliphatic rings. The van der Waals surface area contributed by atoms with Gasteiger partial charge in [0.15, 0.2) is 0 Å². The molecule has 1 rings (SSSR count). The molecule has 0 saturated carbocycles. The van der Waals surface area contributed by atoms with Gasteiger partial charge in [0, 0.05) is 12.5 Å². The third-order valence-electron chi connectivity index (χ3n) is 4.04. The second-order valence-electron chi connectivity index (χ2n) is 8.36. The molecule has 0 aliphatic heterocycles. The largest absolute Gasteiger partial charge is 0.459 e. The van der Waals surface area contributed by atoms with Gasteiger partial charge in [-0.25, -0.2) is 9.59 Å². The first-order valence-electron chi connectivity index (χ1n) is 8.54. The van der Waals surface area contributed by atoms with Crippen molar-refractivity contribution in [2.75, 3.05) is 0 Å². The molecule has 0 unspecified atom stereocenters. The summed E-state index contributed by atoms with van der Waals surface area (Å²) in [4.78, 5) is 24.2. The van der Waals surface area contributed by atoms with E-state index in [-0.39, 0.29) is 16.8 Å². The Labute approximate surface area is 151 Å². The lowest BCUT2D eigenvalue weighted by Crippen LogP contribution is -2.41. The normalized spacial score (nSPS) is 14.3. The summed E-state index contributed by atoms with van der Waals surface area (Å²) in [6, 6.07) is 8.89. The predicted octanol–water partition coefficient (Wildman–Crippen LogP) is 4.79. The summed E-state index contributed by atoms with van der Waals surface area (Å²) in [6.07, 6.45) is 0.777. The van der Waals surface area contributed by atoms with Crippen molar-refractivity contribution in [3.8, 4) is 0 Å². The van der Waals surface area contributed by atoms with Crippen LogP contribution in [0.1, 0.15) is 58.3 Å². The standard InChI is InChI=1S/C21H30O4/c1-8-18(22)24-16(20(2,3)4)14-17(21(5,6)7)25-19(23)15-12-10-9-11-13-15/h8-13,16-17H,1,14H2,2-7H3/t16-,17+/m1/s1. The maximum absolute atomic E-state index is 12.5. The molecule has 1 aromatic carbocycles. The third kappa shape index (κ3) is 6.73. The van der Waals surface area contributed by atoms with Crippen LogP contribution in [0.15, 0.2) is 43.0 Å². The van der Waals surface area contributed by atoms with Crippen LogP contribution in [0.5, 0.6) is 0 Å². The Balaban J connectivity index is 2.99. The van der Waals surface area contributed by atoms with Crippen molar-refractivity contribution in [3.63, 3.8) is 0 Å². The Kier molecular flexibility index (Phi) is 6.97. The zero-order valence-corrected chi connectivity index (χ0v) is 16.2. The number of hydrogen-bond acceptors (Lipinski definition) is 4. The van der Waals surface area contributed by atoms with Crippen LogP contribution in [0, 0.1) is 10.8 Å². The lowest BCUT2D eigenvalue weighted by Gasteiger charge is -2.37. The van der Waals surface area contributed by atoms with Gasteiger partial charge in [-0.3, -0.25) is 0 Å². The van der Waals surface area contributed by atoms with Crippen LogP contribution in [0.4, 0.5) is 0 Å². The van der Waals surface area contributed by atoms with E-state index >= 15 is 0 Å². The van der Waals surface area contributed by atoms with E-state index in [1.807, 2.05) is 47.6 Å². The number of ether oxygens (including phenoxy) is 2. The van der Waals surface area contributed by atoms with Gasteiger partial charge < -0.3 is 9.47 Å². The van der Waals surface area contributed by atoms with Gasteiger partial charge >= 0.3 is 11.9 Å². The molecule has 25 heavy (non-hydrogen) atoms. The van der Waals surface area contributed by atoms with E-state index in [0.717, 1.165) is 6.08 Å². The van der Waals surface area contributed by atoms with Gasteiger partial charge in [-0.05, 0) is 23.0 Å². The van der Waals surface area contributed by atoms with E-state index in [1.54, 1.807) is 24.3 Å². The van der Waals surface area contributed by atoms with E-state index in [1.165, 1.54) is 0 Å². The second kappa shape index (κ2) is 8.32. The van der Waals surface area contributed by atoms with Gasteiger partial charge in [-0.2, -0.15) is 0 Å². The van der Waals surface area contributed by atoms with Crippen molar-refractivity contribution < 1.29 is 19.1 Å². The van der Waals surface area contributed by atoms with Crippen LogP contribution < -0.4 is 0 Å². The molecule has 2 atom stereocenters. The van der Waals surface area contributed by atoms with Gasteiger partial charge in [0.2, 0.25) is 0 Å². The predicted molar refractivity (Wildman–Crippen MR) is 99.2 cm³/mol. The van der Waals surface area contributed by atoms with Gasteiger partial charge in [0.25, 0.3) is 0 Å². The van der Waals surface area contributed by atoms with Crippen LogP contribution in [-0.2, 0) is 14.3 Å². The van der Waals surface area contributed by atoms with Crippen molar-refractivity contribution in [1.82, 2.24) is 0 Å². The van der Waals surface area contributed by atoms with Crippen molar-refractivity contribution in [1.29, 1.82) is 0 Å². The summed E-state index contributed by atoms with van der Waals surface area (Å²) in [5.41, 5.74) is -0.0808. The molecule has 0 heterocycles. The van der Waals surface area contributed by atoms with E-state index in [4.69, 9.17) is 9.47 Å². The summed E-state index contributed by atoms with van der Waals surface area (Å²) in [6.45, 7) is 15.4. The minimum Gasteiger partial charge on any atom is -0.459 e. The lowest BCUT2D eigenvalue weighted by atomic mass is 9.79. The molecule has 0 spiro atoms. The SMILES string of the molecule is C=CC(=O)O[C@H](C[C@H](OC(=O)c1ccccc1)C(C)(C)C)C(C)(C)C. The molecule has 0 bridgehead atoms. The molecule has 0 saturated heterocycles. The van der Waals surface area contributed by atoms with Crippen molar-refractivity contribution in [2.45, 2.75) is 60.2 Å². The number of carbonyl (C=O) groups is 2. The molecule has 0 aromatic heterocycles. The highest BCUT2D eigenvalue weighted by Crippen LogP contribution is 2.33. The summed E-state index contributed by atoms with van der Waals surface area (Å²) in [7, 11) is 0. The minimum absolute atomic E-state index is 0.290. The van der Waals surface area contributed by atoms with Crippen LogP contribution in [-0.4, -0.2) is 24.1 Å². The Morgan fingerprint density at radius 2 is 1.44 bits per heavy atom. The second-order valence-corrected chi connectivity index (χ2v) is 8.36. The first kappa shape index (κ1) is 20.9.